The van der Waals surface area contributed by atoms with E-state index in [-0.39, 0.29) is 5.39 Å². The van der Waals surface area contributed by atoms with Crippen molar-refractivity contribution in [3.05, 3.63) is 35.4 Å². The molecule has 0 spiro atoms. The second-order valence-corrected chi connectivity index (χ2v) is 7.29. The molecular weight excluding hydrogens is 368 g/mol. The molecule has 0 radical (unpaired) electrons. The van der Waals surface area contributed by atoms with Gasteiger partial charge in [0.05, 0.1) is 11.1 Å². The standard InChI is InChI=1S/C12H8O10S2/c13-11(14)6-4-5-2-1-3-7(23(17,18)19)8(5)10(24(20,21)22)9(6)12(15)16/h1-4H,(H,13,14)(H,15,16)(H,17,18,19)(H,20,21,22). The fraction of sp³-hybridized carbons (Fsp3) is 0. The maximum absolute atomic E-state index is 11.6. The van der Waals surface area contributed by atoms with Crippen LogP contribution in [0.2, 0.25) is 0 Å². The van der Waals surface area contributed by atoms with E-state index in [9.17, 15) is 35.5 Å². The van der Waals surface area contributed by atoms with Crippen molar-refractivity contribution in [3.63, 3.8) is 0 Å². The molecule has 0 saturated carbocycles. The van der Waals surface area contributed by atoms with E-state index in [1.807, 2.05) is 0 Å². The molecule has 0 amide bonds. The molecule has 0 heterocycles. The van der Waals surface area contributed by atoms with Crippen LogP contribution >= 0.6 is 0 Å². The van der Waals surface area contributed by atoms with Crippen LogP contribution in [0.15, 0.2) is 34.1 Å². The van der Waals surface area contributed by atoms with Gasteiger partial charge in [-0.1, -0.05) is 12.1 Å². The normalized spacial score (nSPS) is 12.2. The van der Waals surface area contributed by atoms with Crippen molar-refractivity contribution in [3.8, 4) is 0 Å². The first kappa shape index (κ1) is 17.8. The smallest absolute Gasteiger partial charge is 0.338 e. The zero-order chi connectivity index (χ0) is 18.4. The van der Waals surface area contributed by atoms with Gasteiger partial charge >= 0.3 is 11.9 Å². The Morgan fingerprint density at radius 3 is 1.88 bits per heavy atom. The van der Waals surface area contributed by atoms with Crippen molar-refractivity contribution >= 4 is 42.9 Å². The Morgan fingerprint density at radius 1 is 0.875 bits per heavy atom. The molecule has 10 nitrogen and oxygen atoms in total. The summed E-state index contributed by atoms with van der Waals surface area (Å²) in [6.45, 7) is 0. The van der Waals surface area contributed by atoms with E-state index in [1.165, 1.54) is 0 Å². The van der Waals surface area contributed by atoms with E-state index >= 15 is 0 Å². The topological polar surface area (TPSA) is 183 Å². The van der Waals surface area contributed by atoms with Gasteiger partial charge < -0.3 is 10.2 Å². The average molecular weight is 376 g/mol. The highest BCUT2D eigenvalue weighted by atomic mass is 32.2. The highest BCUT2D eigenvalue weighted by Crippen LogP contribution is 2.34. The van der Waals surface area contributed by atoms with Gasteiger partial charge in [0.15, 0.2) is 0 Å². The van der Waals surface area contributed by atoms with Crippen LogP contribution in [0.25, 0.3) is 10.8 Å². The number of carbonyl (C=O) groups is 2. The summed E-state index contributed by atoms with van der Waals surface area (Å²) in [5.41, 5.74) is -2.30. The Morgan fingerprint density at radius 2 is 1.46 bits per heavy atom. The second kappa shape index (κ2) is 5.52. The van der Waals surface area contributed by atoms with Gasteiger partial charge in [-0.15, -0.1) is 0 Å². The van der Waals surface area contributed by atoms with Crippen molar-refractivity contribution in [1.82, 2.24) is 0 Å². The fourth-order valence-corrected chi connectivity index (χ4v) is 3.97. The van der Waals surface area contributed by atoms with Crippen LogP contribution in [-0.2, 0) is 20.2 Å². The van der Waals surface area contributed by atoms with Gasteiger partial charge in [0.1, 0.15) is 9.79 Å². The van der Waals surface area contributed by atoms with Crippen LogP contribution in [0, 0.1) is 0 Å². The maximum atomic E-state index is 11.6. The van der Waals surface area contributed by atoms with Crippen molar-refractivity contribution in [2.75, 3.05) is 0 Å². The van der Waals surface area contributed by atoms with Gasteiger partial charge in [-0.05, 0) is 17.5 Å². The number of benzene rings is 2. The molecule has 2 aromatic carbocycles. The molecule has 24 heavy (non-hydrogen) atoms. The molecule has 12 heteroatoms. The molecule has 0 atom stereocenters. The molecule has 2 aromatic rings. The number of carboxylic acids is 2. The van der Waals surface area contributed by atoms with Crippen LogP contribution < -0.4 is 0 Å². The fourth-order valence-electron chi connectivity index (χ4n) is 2.24. The number of fused-ring (bicyclic) bond motifs is 1. The largest absolute Gasteiger partial charge is 0.478 e. The third-order valence-electron chi connectivity index (χ3n) is 3.06. The average Bonchev–Trinajstić information content (AvgIpc) is 2.41. The summed E-state index contributed by atoms with van der Waals surface area (Å²) in [4.78, 5) is 20.1. The number of carboxylic acid groups (broad SMARTS) is 2. The lowest BCUT2D eigenvalue weighted by Gasteiger charge is -2.13. The first-order valence-corrected chi connectivity index (χ1v) is 8.75. The first-order valence-electron chi connectivity index (χ1n) is 5.87. The highest BCUT2D eigenvalue weighted by Gasteiger charge is 2.32. The lowest BCUT2D eigenvalue weighted by Crippen LogP contribution is -2.16. The summed E-state index contributed by atoms with van der Waals surface area (Å²) in [6, 6.07) is 3.67. The summed E-state index contributed by atoms with van der Waals surface area (Å²) >= 11 is 0. The molecule has 128 valence electrons. The van der Waals surface area contributed by atoms with Crippen molar-refractivity contribution in [1.29, 1.82) is 0 Å². The van der Waals surface area contributed by atoms with Gasteiger partial charge in [0.25, 0.3) is 20.2 Å². The molecule has 0 fully saturated rings. The minimum absolute atomic E-state index is 0.319. The van der Waals surface area contributed by atoms with Crippen molar-refractivity contribution in [2.45, 2.75) is 9.79 Å². The van der Waals surface area contributed by atoms with Gasteiger partial charge in [0, 0.05) is 5.39 Å². The maximum Gasteiger partial charge on any atom is 0.338 e. The number of aromatic carboxylic acids is 2. The van der Waals surface area contributed by atoms with Crippen LogP contribution in [0.1, 0.15) is 20.7 Å². The zero-order valence-electron chi connectivity index (χ0n) is 11.4. The van der Waals surface area contributed by atoms with Crippen LogP contribution in [-0.4, -0.2) is 48.1 Å². The summed E-state index contributed by atoms with van der Waals surface area (Å²) in [5.74, 6) is -3.83. The highest BCUT2D eigenvalue weighted by molar-refractivity contribution is 7.87. The number of rotatable bonds is 4. The van der Waals surface area contributed by atoms with Crippen LogP contribution in [0.4, 0.5) is 0 Å². The van der Waals surface area contributed by atoms with Gasteiger partial charge in [-0.3, -0.25) is 9.11 Å². The molecule has 0 unspecified atom stereocenters. The Hall–Kier alpha value is -2.54. The molecule has 0 aliphatic carbocycles. The molecule has 0 aliphatic heterocycles. The molecule has 0 aliphatic rings. The van der Waals surface area contributed by atoms with Crippen molar-refractivity contribution in [2.24, 2.45) is 0 Å². The van der Waals surface area contributed by atoms with E-state index in [2.05, 4.69) is 0 Å². The predicted molar refractivity (Wildman–Crippen MR) is 77.5 cm³/mol. The Labute approximate surface area is 134 Å². The molecule has 0 saturated heterocycles. The molecule has 0 aromatic heterocycles. The van der Waals surface area contributed by atoms with E-state index in [1.54, 1.807) is 0 Å². The first-order chi connectivity index (χ1) is 10.9. The Bertz CT molecular complexity index is 1100. The van der Waals surface area contributed by atoms with E-state index in [0.717, 1.165) is 24.3 Å². The Kier molecular flexibility index (Phi) is 4.10. The van der Waals surface area contributed by atoms with Crippen LogP contribution in [0.5, 0.6) is 0 Å². The summed E-state index contributed by atoms with van der Waals surface area (Å²) in [7, 11) is -10.4. The zero-order valence-corrected chi connectivity index (χ0v) is 13.0. The molecular formula is C12H8O10S2. The molecule has 4 N–H and O–H groups in total. The minimum atomic E-state index is -5.36. The van der Waals surface area contributed by atoms with Gasteiger partial charge in [-0.25, -0.2) is 9.59 Å². The summed E-state index contributed by atoms with van der Waals surface area (Å²) in [5, 5.41) is 17.1. The van der Waals surface area contributed by atoms with Gasteiger partial charge in [-0.2, -0.15) is 16.8 Å². The molecule has 2 rings (SSSR count). The summed E-state index contributed by atoms with van der Waals surface area (Å²) < 4.78 is 64.8. The monoisotopic (exact) mass is 376 g/mol. The van der Waals surface area contributed by atoms with E-state index in [4.69, 9.17) is 10.2 Å². The quantitative estimate of drug-likeness (QED) is 0.555. The van der Waals surface area contributed by atoms with Gasteiger partial charge in [0.2, 0.25) is 0 Å². The third kappa shape index (κ3) is 2.94. The van der Waals surface area contributed by atoms with Crippen LogP contribution in [0.3, 0.4) is 0 Å². The summed E-state index contributed by atoms with van der Waals surface area (Å²) in [6.07, 6.45) is 0. The van der Waals surface area contributed by atoms with Crippen molar-refractivity contribution < 1.29 is 45.7 Å². The van der Waals surface area contributed by atoms with E-state index in [0.29, 0.717) is 0 Å². The number of hydrogen-bond acceptors (Lipinski definition) is 6. The number of hydrogen-bond donors (Lipinski definition) is 4. The molecule has 0 bridgehead atoms. The Balaban J connectivity index is 3.33. The SMILES string of the molecule is O=C(O)c1cc2cccc(S(=O)(=O)O)c2c(S(=O)(=O)O)c1C(=O)O. The lowest BCUT2D eigenvalue weighted by atomic mass is 10.0. The minimum Gasteiger partial charge on any atom is -0.478 e. The third-order valence-corrected chi connectivity index (χ3v) is 4.88. The predicted octanol–water partition coefficient (Wildman–Crippen LogP) is 0.730. The lowest BCUT2D eigenvalue weighted by molar-refractivity contribution is 0.0648. The van der Waals surface area contributed by atoms with E-state index < -0.39 is 58.5 Å². The second-order valence-electron chi connectivity index (χ2n) is 4.54.